The van der Waals surface area contributed by atoms with Crippen LogP contribution < -0.4 is 5.73 Å². The maximum atomic E-state index is 10.3. The number of aliphatic hydroxyl groups is 2. The van der Waals surface area contributed by atoms with E-state index in [0.717, 1.165) is 6.92 Å². The molecule has 14 heteroatoms. The molecule has 4 rings (SSSR count). The Morgan fingerprint density at radius 2 is 1.96 bits per heavy atom. The molecule has 4 atom stereocenters. The predicted molar refractivity (Wildman–Crippen MR) is 92.0 cm³/mol. The second-order valence-electron chi connectivity index (χ2n) is 5.83. The van der Waals surface area contributed by atoms with E-state index in [4.69, 9.17) is 36.5 Å². The highest BCUT2D eigenvalue weighted by molar-refractivity contribution is 6.28. The van der Waals surface area contributed by atoms with Gasteiger partial charge in [-0.15, -0.1) is 0 Å². The van der Waals surface area contributed by atoms with Gasteiger partial charge in [0.05, 0.1) is 6.33 Å². The normalized spacial score (nSPS) is 24.2. The first kappa shape index (κ1) is 19.9. The third-order valence-corrected chi connectivity index (χ3v) is 3.89. The molecule has 5 N–H and O–H groups in total. The number of imidazole rings is 1. The zero-order chi connectivity index (χ0) is 20.6. The Balaban J connectivity index is 0.000000516. The first-order valence-electron chi connectivity index (χ1n) is 7.86. The fraction of sp³-hybridized carbons (Fsp3) is 0.429. The molecule has 150 valence electrons. The Morgan fingerprint density at radius 1 is 1.29 bits per heavy atom. The molecule has 0 amide bonds. The van der Waals surface area contributed by atoms with E-state index in [1.54, 1.807) is 6.92 Å². The summed E-state index contributed by atoms with van der Waals surface area (Å²) >= 11 is 5.82. The molecule has 0 bridgehead atoms. The maximum Gasteiger partial charge on any atom is 0.300 e. The highest BCUT2D eigenvalue weighted by Gasteiger charge is 2.47. The van der Waals surface area contributed by atoms with E-state index in [9.17, 15) is 10.2 Å². The molecule has 0 spiro atoms. The number of aromatic nitrogens is 6. The highest BCUT2D eigenvalue weighted by atomic mass is 35.5. The molecule has 0 saturated carbocycles. The van der Waals surface area contributed by atoms with Crippen LogP contribution in [0.3, 0.4) is 0 Å². The van der Waals surface area contributed by atoms with E-state index in [2.05, 4.69) is 25.1 Å². The monoisotopic (exact) mass is 413 g/mol. The molecule has 0 radical (unpaired) electrons. The van der Waals surface area contributed by atoms with Gasteiger partial charge in [0.15, 0.2) is 29.6 Å². The molecule has 0 unspecified atom stereocenters. The van der Waals surface area contributed by atoms with Crippen molar-refractivity contribution in [2.24, 2.45) is 0 Å². The van der Waals surface area contributed by atoms with E-state index >= 15 is 0 Å². The van der Waals surface area contributed by atoms with Gasteiger partial charge in [0.25, 0.3) is 11.9 Å². The van der Waals surface area contributed by atoms with Gasteiger partial charge in [-0.05, 0) is 18.5 Å². The number of hydrogen-bond donors (Lipinski definition) is 4. The van der Waals surface area contributed by atoms with Gasteiger partial charge in [-0.2, -0.15) is 15.0 Å². The molecule has 3 aromatic heterocycles. The average Bonchev–Trinajstić information content (AvgIpc) is 3.27. The van der Waals surface area contributed by atoms with E-state index in [0.29, 0.717) is 11.3 Å². The number of carboxylic acid groups (broad SMARTS) is 1. The lowest BCUT2D eigenvalue weighted by Gasteiger charge is -2.16. The van der Waals surface area contributed by atoms with E-state index in [-0.39, 0.29) is 22.6 Å². The molecule has 1 aliphatic rings. The first-order valence-corrected chi connectivity index (χ1v) is 8.23. The molecule has 1 aliphatic heterocycles. The predicted octanol–water partition coefficient (Wildman–Crippen LogP) is -0.164. The second-order valence-corrected chi connectivity index (χ2v) is 6.17. The van der Waals surface area contributed by atoms with Gasteiger partial charge in [0.1, 0.15) is 17.7 Å². The van der Waals surface area contributed by atoms with Crippen molar-refractivity contribution >= 4 is 34.6 Å². The molecule has 0 aliphatic carbocycles. The molecule has 4 heterocycles. The lowest BCUT2D eigenvalue weighted by Crippen LogP contribution is -2.29. The van der Waals surface area contributed by atoms with Crippen LogP contribution in [0.1, 0.15) is 31.0 Å². The SMILES string of the molecule is CC(=O)O.Cc1noc([C@H]2O[C@@H](n3cnc4c(N)nc(Cl)nc43)[C@H](O)[C@@H]2O)n1. The van der Waals surface area contributed by atoms with Gasteiger partial charge in [-0.1, -0.05) is 5.16 Å². The largest absolute Gasteiger partial charge is 0.481 e. The summed E-state index contributed by atoms with van der Waals surface area (Å²) in [4.78, 5) is 25.0. The quantitative estimate of drug-likeness (QED) is 0.405. The number of nitrogen functional groups attached to an aromatic ring is 1. The number of anilines is 1. The minimum atomic E-state index is -1.28. The number of nitrogens with two attached hydrogens (primary N) is 1. The Labute approximate surface area is 161 Å². The van der Waals surface area contributed by atoms with E-state index in [1.165, 1.54) is 10.9 Å². The Bertz CT molecular complexity index is 1000. The van der Waals surface area contributed by atoms with Gasteiger partial charge in [-0.25, -0.2) is 4.98 Å². The van der Waals surface area contributed by atoms with Crippen molar-refractivity contribution in [2.45, 2.75) is 38.4 Å². The fourth-order valence-electron chi connectivity index (χ4n) is 2.62. The first-order chi connectivity index (χ1) is 13.2. The molecule has 0 aromatic carbocycles. The van der Waals surface area contributed by atoms with Crippen LogP contribution in [-0.2, 0) is 9.53 Å². The van der Waals surface area contributed by atoms with Crippen molar-refractivity contribution in [1.29, 1.82) is 0 Å². The lowest BCUT2D eigenvalue weighted by molar-refractivity contribution is -0.134. The average molecular weight is 414 g/mol. The van der Waals surface area contributed by atoms with Crippen LogP contribution >= 0.6 is 11.6 Å². The number of aryl methyl sites for hydroxylation is 1. The summed E-state index contributed by atoms with van der Waals surface area (Å²) < 4.78 is 12.1. The molecule has 28 heavy (non-hydrogen) atoms. The molecule has 13 nitrogen and oxygen atoms in total. The smallest absolute Gasteiger partial charge is 0.300 e. The van der Waals surface area contributed by atoms with Crippen molar-refractivity contribution in [3.05, 3.63) is 23.3 Å². The van der Waals surface area contributed by atoms with Crippen LogP contribution in [0, 0.1) is 6.92 Å². The third kappa shape index (κ3) is 3.73. The van der Waals surface area contributed by atoms with Gasteiger partial charge < -0.3 is 30.3 Å². The van der Waals surface area contributed by atoms with Crippen LogP contribution in [0.4, 0.5) is 5.82 Å². The van der Waals surface area contributed by atoms with Gasteiger partial charge in [0, 0.05) is 6.92 Å². The number of aliphatic hydroxyl groups excluding tert-OH is 2. The van der Waals surface area contributed by atoms with Gasteiger partial charge >= 0.3 is 0 Å². The summed E-state index contributed by atoms with van der Waals surface area (Å²) in [5.74, 6) is -0.280. The summed E-state index contributed by atoms with van der Waals surface area (Å²) in [6.07, 6.45) is -3.17. The topological polar surface area (TPSA) is 196 Å². The van der Waals surface area contributed by atoms with Gasteiger partial charge in [-0.3, -0.25) is 9.36 Å². The summed E-state index contributed by atoms with van der Waals surface area (Å²) in [7, 11) is 0. The van der Waals surface area contributed by atoms with E-state index in [1.807, 2.05) is 0 Å². The van der Waals surface area contributed by atoms with Crippen molar-refractivity contribution in [3.8, 4) is 0 Å². The molecule has 1 fully saturated rings. The van der Waals surface area contributed by atoms with Crippen LogP contribution in [0.15, 0.2) is 10.9 Å². The molecular formula is C14H16ClN7O6. The van der Waals surface area contributed by atoms with E-state index < -0.39 is 30.5 Å². The summed E-state index contributed by atoms with van der Waals surface area (Å²) in [5.41, 5.74) is 6.33. The maximum absolute atomic E-state index is 10.3. The molecule has 1 saturated heterocycles. The number of nitrogens with zero attached hydrogens (tertiary/aromatic N) is 6. The van der Waals surface area contributed by atoms with Crippen molar-refractivity contribution in [3.63, 3.8) is 0 Å². The summed E-state index contributed by atoms with van der Waals surface area (Å²) in [6.45, 7) is 2.72. The number of halogens is 1. The number of aliphatic carboxylic acids is 1. The zero-order valence-corrected chi connectivity index (χ0v) is 15.3. The van der Waals surface area contributed by atoms with Gasteiger partial charge in [0.2, 0.25) is 5.28 Å². The number of fused-ring (bicyclic) bond motifs is 1. The standard InChI is InChI=1S/C12H12ClN7O4.C2H4O2/c1-3-16-10(24-19-3)7-5(21)6(22)11(23-7)20-2-15-4-8(14)17-12(13)18-9(4)20;1-2(3)4/h2,5-7,11,21-22H,1H3,(H2,14,17,18);1H3,(H,3,4)/t5-,6+,7-,11+;/m0./s1. The number of ether oxygens (including phenoxy) is 1. The number of carboxylic acids is 1. The van der Waals surface area contributed by atoms with Crippen LogP contribution in [0.5, 0.6) is 0 Å². The lowest BCUT2D eigenvalue weighted by atomic mass is 10.1. The molecular weight excluding hydrogens is 398 g/mol. The number of rotatable bonds is 2. The fourth-order valence-corrected chi connectivity index (χ4v) is 2.79. The van der Waals surface area contributed by atoms with Crippen molar-refractivity contribution in [2.75, 3.05) is 5.73 Å². The highest BCUT2D eigenvalue weighted by Crippen LogP contribution is 2.39. The van der Waals surface area contributed by atoms with Crippen molar-refractivity contribution in [1.82, 2.24) is 29.7 Å². The third-order valence-electron chi connectivity index (χ3n) is 3.72. The van der Waals surface area contributed by atoms with Crippen molar-refractivity contribution < 1.29 is 29.4 Å². The Hall–Kier alpha value is -2.87. The van der Waals surface area contributed by atoms with Crippen LogP contribution in [-0.4, -0.2) is 63.2 Å². The summed E-state index contributed by atoms with van der Waals surface area (Å²) in [6, 6.07) is 0. The Kier molecular flexibility index (Phi) is 5.42. The van der Waals surface area contributed by atoms with Crippen LogP contribution in [0.25, 0.3) is 11.2 Å². The summed E-state index contributed by atoms with van der Waals surface area (Å²) in [5, 5.41) is 31.6. The number of hydrogen-bond acceptors (Lipinski definition) is 11. The molecule has 3 aromatic rings. The zero-order valence-electron chi connectivity index (χ0n) is 14.6. The Morgan fingerprint density at radius 3 is 2.57 bits per heavy atom. The second kappa shape index (κ2) is 7.63. The van der Waals surface area contributed by atoms with Crippen LogP contribution in [0.2, 0.25) is 5.28 Å². The number of carbonyl (C=O) groups is 1. The minimum Gasteiger partial charge on any atom is -0.481 e. The minimum absolute atomic E-state index is 0.0677.